The van der Waals surface area contributed by atoms with Crippen LogP contribution in [0.15, 0.2) is 30.5 Å². The van der Waals surface area contributed by atoms with Gasteiger partial charge in [0.25, 0.3) is 0 Å². The van der Waals surface area contributed by atoms with Gasteiger partial charge in [0, 0.05) is 36.6 Å². The van der Waals surface area contributed by atoms with Crippen molar-refractivity contribution >= 4 is 106 Å². The number of aliphatic carboxylic acids is 2. The van der Waals surface area contributed by atoms with Gasteiger partial charge in [-0.1, -0.05) is 80.0 Å². The zero-order valence-electron chi connectivity index (χ0n) is 60.4. The van der Waals surface area contributed by atoms with E-state index in [2.05, 4.69) is 68.8 Å². The summed E-state index contributed by atoms with van der Waals surface area (Å²) in [5, 5.41) is 80.7. The van der Waals surface area contributed by atoms with E-state index in [1.807, 2.05) is 0 Å². The number of H-pyrrole nitrogens is 1. The van der Waals surface area contributed by atoms with Crippen molar-refractivity contribution in [3.63, 3.8) is 0 Å². The second kappa shape index (κ2) is 40.8. The Hall–Kier alpha value is -9.88. The van der Waals surface area contributed by atoms with E-state index in [4.69, 9.17) is 5.73 Å². The van der Waals surface area contributed by atoms with E-state index in [-0.39, 0.29) is 57.5 Å². The van der Waals surface area contributed by atoms with Crippen LogP contribution in [0.3, 0.4) is 0 Å². The molecule has 0 spiro atoms. The highest BCUT2D eigenvalue weighted by molar-refractivity contribution is 6.01. The Bertz CT molecular complexity index is 3420. The maximum absolute atomic E-state index is 14.3. The number of para-hydroxylation sites is 1. The first-order valence-corrected chi connectivity index (χ1v) is 34.7. The molecule has 37 nitrogen and oxygen atoms in total. The summed E-state index contributed by atoms with van der Waals surface area (Å²) < 4.78 is 0. The van der Waals surface area contributed by atoms with Crippen LogP contribution >= 0.6 is 0 Å². The summed E-state index contributed by atoms with van der Waals surface area (Å²) in [6, 6.07) is -10.5. The van der Waals surface area contributed by atoms with Crippen molar-refractivity contribution in [2.24, 2.45) is 29.4 Å². The first kappa shape index (κ1) is 86.5. The molecule has 0 aliphatic carbocycles. The molecule has 2 fully saturated rings. The Labute approximate surface area is 601 Å². The molecule has 3 heterocycles. The number of aliphatic hydroxyl groups excluding tert-OH is 3. The summed E-state index contributed by atoms with van der Waals surface area (Å²) >= 11 is 0. The first-order valence-electron chi connectivity index (χ1n) is 34.7. The highest BCUT2D eigenvalue weighted by Crippen LogP contribution is 2.23. The minimum absolute atomic E-state index is 0.0404. The lowest BCUT2D eigenvalue weighted by molar-refractivity contribution is -0.144. The van der Waals surface area contributed by atoms with E-state index < -0.39 is 230 Å². The fourth-order valence-corrected chi connectivity index (χ4v) is 11.7. The normalized spacial score (nSPS) is 18.1. The van der Waals surface area contributed by atoms with Crippen molar-refractivity contribution in [1.29, 1.82) is 0 Å². The molecule has 0 bridgehead atoms. The molecule has 578 valence electrons. The van der Waals surface area contributed by atoms with Gasteiger partial charge in [-0.25, -0.2) is 4.79 Å². The van der Waals surface area contributed by atoms with Crippen molar-refractivity contribution in [3.05, 3.63) is 36.0 Å². The molecule has 15 atom stereocenters. The van der Waals surface area contributed by atoms with E-state index in [0.29, 0.717) is 22.9 Å². The third kappa shape index (κ3) is 25.2. The number of nitrogens with one attached hydrogen (secondary N) is 13. The fourth-order valence-electron chi connectivity index (χ4n) is 11.7. The van der Waals surface area contributed by atoms with Gasteiger partial charge in [0.05, 0.1) is 44.9 Å². The van der Waals surface area contributed by atoms with Crippen molar-refractivity contribution in [2.45, 2.75) is 212 Å². The predicted octanol–water partition coefficient (Wildman–Crippen LogP) is -5.53. The van der Waals surface area contributed by atoms with Crippen molar-refractivity contribution in [1.82, 2.24) is 78.6 Å². The van der Waals surface area contributed by atoms with Gasteiger partial charge in [0.2, 0.25) is 82.7 Å². The lowest BCUT2D eigenvalue weighted by Gasteiger charge is -2.32. The average molecular weight is 1470 g/mol. The molecule has 20 N–H and O–H groups in total. The van der Waals surface area contributed by atoms with Crippen LogP contribution in [0.2, 0.25) is 0 Å². The number of rotatable bonds is 40. The number of nitrogens with zero attached hydrogens (tertiary/aromatic N) is 2. The summed E-state index contributed by atoms with van der Waals surface area (Å²) in [4.78, 5) is 220. The molecule has 1 aromatic heterocycles. The number of carbonyl (C=O) groups excluding carboxylic acids is 14. The first-order chi connectivity index (χ1) is 48.8. The molecule has 0 radical (unpaired) electrons. The fraction of sp³-hybridized carbons (Fsp3) is 0.642. The smallest absolute Gasteiger partial charge is 0.326 e. The number of amides is 14. The molecule has 0 unspecified atom stereocenters. The summed E-state index contributed by atoms with van der Waals surface area (Å²) in [6.07, 6.45) is -1.61. The lowest BCUT2D eigenvalue weighted by Crippen LogP contribution is -2.63. The van der Waals surface area contributed by atoms with E-state index in [0.717, 1.165) is 4.90 Å². The van der Waals surface area contributed by atoms with Crippen LogP contribution in [0.25, 0.3) is 10.9 Å². The van der Waals surface area contributed by atoms with Gasteiger partial charge >= 0.3 is 11.9 Å². The molecule has 2 aromatic rings. The molecular formula is C67H104N16O21. The standard InChI is InChI=1S/C67H104N16O21/c1-12-34(8)53(80-58(94)42(25-50(90)91)73-56(92)35(9)72-47(87)26-68)64(100)74-41(24-38-27-69-40-18-14-13-17-39(38)40)57(93)71-29-49(89)82-21-15-19-45(82)60(96)70-28-48(88)77-55(37(11)86)66(102)83-22-16-20-46(83)61(97)78-52(33(6)7)63(99)81-54(36(10)85)65(101)79-51(32(4)5)62(98)76-44(30-84)59(95)75-43(67(103)104)23-31(2)3/h13-14,17-18,27,31-37,41-46,51-55,69,84-86H,12,15-16,19-26,28-30,68H2,1-11H3,(H,70,96)(H,71,93)(H,72,87)(H,73,92)(H,74,100)(H,75,95)(H,76,98)(H,77,88)(H,78,97)(H,79,101)(H,80,94)(H,81,99)(H,90,91)(H,103,104)/t34-,35-,36+,37+,41-,42-,43-,44-,45-,46-,51-,52-,53-,54-,55-/m0/s1. The van der Waals surface area contributed by atoms with E-state index >= 15 is 0 Å². The number of aromatic amines is 1. The zero-order chi connectivity index (χ0) is 78.1. The van der Waals surface area contributed by atoms with Crippen molar-refractivity contribution in [3.8, 4) is 0 Å². The van der Waals surface area contributed by atoms with Crippen LogP contribution < -0.4 is 69.5 Å². The van der Waals surface area contributed by atoms with Gasteiger partial charge < -0.3 is 110 Å². The molecule has 2 aliphatic rings. The third-order valence-corrected chi connectivity index (χ3v) is 17.8. The second-order valence-corrected chi connectivity index (χ2v) is 27.3. The minimum atomic E-state index is -1.75. The quantitative estimate of drug-likeness (QED) is 0.0296. The summed E-state index contributed by atoms with van der Waals surface area (Å²) in [6.45, 7) is 13.7. The highest BCUT2D eigenvalue weighted by Gasteiger charge is 2.43. The number of carboxylic acids is 2. The molecule has 1 aromatic carbocycles. The Balaban J connectivity index is 1.41. The lowest BCUT2D eigenvalue weighted by atomic mass is 9.96. The maximum atomic E-state index is 14.3. The molecule has 4 rings (SSSR count). The Kier molecular flexibility index (Phi) is 34.0. The number of fused-ring (bicyclic) bond motifs is 1. The van der Waals surface area contributed by atoms with Gasteiger partial charge in [-0.15, -0.1) is 0 Å². The zero-order valence-corrected chi connectivity index (χ0v) is 60.4. The van der Waals surface area contributed by atoms with Gasteiger partial charge in [0.15, 0.2) is 0 Å². The van der Waals surface area contributed by atoms with Gasteiger partial charge in [-0.2, -0.15) is 0 Å². The van der Waals surface area contributed by atoms with E-state index in [1.165, 1.54) is 39.5 Å². The molecule has 0 saturated carbocycles. The van der Waals surface area contributed by atoms with E-state index in [9.17, 15) is 102 Å². The molecule has 14 amide bonds. The molecule has 104 heavy (non-hydrogen) atoms. The van der Waals surface area contributed by atoms with Gasteiger partial charge in [-0.3, -0.25) is 71.9 Å². The van der Waals surface area contributed by atoms with Crippen molar-refractivity contribution in [2.75, 3.05) is 39.3 Å². The van der Waals surface area contributed by atoms with Gasteiger partial charge in [0.1, 0.15) is 72.5 Å². The predicted molar refractivity (Wildman–Crippen MR) is 370 cm³/mol. The van der Waals surface area contributed by atoms with Crippen LogP contribution in [-0.2, 0) is 83.1 Å². The number of aromatic nitrogens is 1. The number of benzene rings is 1. The Morgan fingerprint density at radius 1 is 0.538 bits per heavy atom. The number of carbonyl (C=O) groups is 16. The number of carboxylic acid groups (broad SMARTS) is 2. The molecule has 37 heteroatoms. The monoisotopic (exact) mass is 1470 g/mol. The minimum Gasteiger partial charge on any atom is -0.481 e. The highest BCUT2D eigenvalue weighted by atomic mass is 16.4. The molecular weight excluding hydrogens is 1360 g/mol. The number of hydrogen-bond donors (Lipinski definition) is 19. The largest absolute Gasteiger partial charge is 0.481 e. The Morgan fingerprint density at radius 3 is 1.62 bits per heavy atom. The number of likely N-dealkylation sites (tertiary alicyclic amines) is 2. The van der Waals surface area contributed by atoms with Crippen LogP contribution in [0.1, 0.15) is 127 Å². The van der Waals surface area contributed by atoms with Crippen molar-refractivity contribution < 1.29 is 102 Å². The number of nitrogens with two attached hydrogens (primary N) is 1. The number of aliphatic hydroxyl groups is 3. The average Bonchev–Trinajstić information content (AvgIpc) is 1.73. The van der Waals surface area contributed by atoms with E-state index in [1.54, 1.807) is 72.0 Å². The van der Waals surface area contributed by atoms with Gasteiger partial charge in [-0.05, 0) is 88.2 Å². The third-order valence-electron chi connectivity index (χ3n) is 17.8. The number of hydrogen-bond acceptors (Lipinski definition) is 20. The summed E-state index contributed by atoms with van der Waals surface area (Å²) in [5.41, 5.74) is 6.57. The van der Waals surface area contributed by atoms with Crippen LogP contribution in [0.5, 0.6) is 0 Å². The van der Waals surface area contributed by atoms with Crippen LogP contribution in [0, 0.1) is 23.7 Å². The Morgan fingerprint density at radius 2 is 1.06 bits per heavy atom. The second-order valence-electron chi connectivity index (χ2n) is 27.3. The summed E-state index contributed by atoms with van der Waals surface area (Å²) in [5.74, 6) is -17.8. The van der Waals surface area contributed by atoms with Crippen LogP contribution in [-0.4, -0.2) is 259 Å². The molecule has 2 saturated heterocycles. The maximum Gasteiger partial charge on any atom is 0.326 e. The SMILES string of the molecule is CC[C@H](C)[C@H](NC(=O)[C@H](CC(=O)O)NC(=O)[C@H](C)NC(=O)CN)C(=O)N[C@@H](Cc1c[nH]c2ccccc12)C(=O)NCC(=O)N1CCC[C@H]1C(=O)NCC(=O)N[C@H](C(=O)N1CCC[C@H]1C(=O)N[C@H](C(=O)N[C@H](C(=O)N[C@H](C(=O)N[C@@H](CO)C(=O)N[C@@H](CC(C)C)C(=O)O)C(C)C)[C@@H](C)O)C(C)C)[C@@H](C)O. The van der Waals surface area contributed by atoms with Crippen LogP contribution in [0.4, 0.5) is 0 Å². The topological polar surface area (TPSA) is 567 Å². The molecule has 2 aliphatic heterocycles. The summed E-state index contributed by atoms with van der Waals surface area (Å²) in [7, 11) is 0.